The van der Waals surface area contributed by atoms with Crippen LogP contribution in [0.2, 0.25) is 0 Å². The predicted molar refractivity (Wildman–Crippen MR) is 83.5 cm³/mol. The maximum Gasteiger partial charge on any atom is 0.231 e. The van der Waals surface area contributed by atoms with Crippen molar-refractivity contribution in [2.24, 2.45) is 0 Å². The van der Waals surface area contributed by atoms with Gasteiger partial charge in [-0.25, -0.2) is 0 Å². The first-order valence-electron chi connectivity index (χ1n) is 7.11. The summed E-state index contributed by atoms with van der Waals surface area (Å²) in [4.78, 5) is 12.2. The number of carbonyl (C=O) groups excluding carboxylic acids is 1. The van der Waals surface area contributed by atoms with Crippen LogP contribution in [0.15, 0.2) is 48.5 Å². The molecule has 1 aliphatic heterocycles. The van der Waals surface area contributed by atoms with Gasteiger partial charge in [0.05, 0.1) is 6.61 Å². The molecule has 0 saturated heterocycles. The molecule has 2 aromatic carbocycles. The molecule has 4 heteroatoms. The van der Waals surface area contributed by atoms with Crippen molar-refractivity contribution in [1.82, 2.24) is 0 Å². The van der Waals surface area contributed by atoms with Crippen LogP contribution in [-0.2, 0) is 0 Å². The van der Waals surface area contributed by atoms with Gasteiger partial charge in [0.15, 0.2) is 17.3 Å². The summed E-state index contributed by atoms with van der Waals surface area (Å²) < 4.78 is 15.9. The van der Waals surface area contributed by atoms with Crippen LogP contribution < -0.4 is 14.2 Å². The third kappa shape index (κ3) is 3.11. The molecule has 1 heterocycles. The first-order chi connectivity index (χ1) is 10.8. The topological polar surface area (TPSA) is 44.8 Å². The molecule has 0 fully saturated rings. The Morgan fingerprint density at radius 3 is 2.68 bits per heavy atom. The summed E-state index contributed by atoms with van der Waals surface area (Å²) in [5, 5.41) is 0. The summed E-state index contributed by atoms with van der Waals surface area (Å²) in [7, 11) is 0. The fourth-order valence-corrected chi connectivity index (χ4v) is 2.16. The number of carbonyl (C=O) groups is 1. The number of hydrogen-bond acceptors (Lipinski definition) is 4. The van der Waals surface area contributed by atoms with Crippen LogP contribution in [0.4, 0.5) is 0 Å². The van der Waals surface area contributed by atoms with Crippen LogP contribution in [0.5, 0.6) is 17.2 Å². The number of benzene rings is 2. The molecule has 1 aliphatic rings. The lowest BCUT2D eigenvalue weighted by atomic mass is 10.1. The van der Waals surface area contributed by atoms with Crippen molar-refractivity contribution in [2.75, 3.05) is 13.4 Å². The van der Waals surface area contributed by atoms with Crippen LogP contribution >= 0.6 is 0 Å². The third-order valence-electron chi connectivity index (χ3n) is 3.28. The van der Waals surface area contributed by atoms with E-state index in [1.807, 2.05) is 31.2 Å². The highest BCUT2D eigenvalue weighted by Gasteiger charge is 2.14. The van der Waals surface area contributed by atoms with E-state index in [2.05, 4.69) is 0 Å². The number of ether oxygens (including phenoxy) is 3. The molecule has 0 amide bonds. The molecule has 4 nitrogen and oxygen atoms in total. The van der Waals surface area contributed by atoms with Gasteiger partial charge in [-0.2, -0.15) is 0 Å². The zero-order valence-corrected chi connectivity index (χ0v) is 12.2. The van der Waals surface area contributed by atoms with E-state index in [0.717, 1.165) is 11.3 Å². The number of allylic oxidation sites excluding steroid dienone is 1. The lowest BCUT2D eigenvalue weighted by molar-refractivity contribution is 0.104. The molecule has 0 aliphatic carbocycles. The highest BCUT2D eigenvalue weighted by Crippen LogP contribution is 2.32. The van der Waals surface area contributed by atoms with Gasteiger partial charge >= 0.3 is 0 Å². The van der Waals surface area contributed by atoms with E-state index in [1.54, 1.807) is 30.4 Å². The molecule has 0 unspecified atom stereocenters. The smallest absolute Gasteiger partial charge is 0.231 e. The molecule has 0 bridgehead atoms. The normalized spacial score (nSPS) is 12.6. The minimum Gasteiger partial charge on any atom is -0.494 e. The highest BCUT2D eigenvalue weighted by atomic mass is 16.7. The first-order valence-corrected chi connectivity index (χ1v) is 7.11. The highest BCUT2D eigenvalue weighted by molar-refractivity contribution is 6.07. The van der Waals surface area contributed by atoms with Gasteiger partial charge in [-0.3, -0.25) is 4.79 Å². The van der Waals surface area contributed by atoms with E-state index in [0.29, 0.717) is 23.7 Å². The number of ketones is 1. The molecular weight excluding hydrogens is 280 g/mol. The Morgan fingerprint density at radius 1 is 1.14 bits per heavy atom. The second kappa shape index (κ2) is 6.35. The minimum absolute atomic E-state index is 0.0767. The Kier molecular flexibility index (Phi) is 4.10. The minimum atomic E-state index is -0.0767. The summed E-state index contributed by atoms with van der Waals surface area (Å²) in [5.74, 6) is 2.03. The Balaban J connectivity index is 1.70. The van der Waals surface area contributed by atoms with Crippen molar-refractivity contribution in [1.29, 1.82) is 0 Å². The maximum absolute atomic E-state index is 12.2. The molecule has 0 aromatic heterocycles. The van der Waals surface area contributed by atoms with E-state index in [4.69, 9.17) is 14.2 Å². The quantitative estimate of drug-likeness (QED) is 0.623. The summed E-state index contributed by atoms with van der Waals surface area (Å²) in [6, 6.07) is 12.8. The molecule has 0 spiro atoms. The molecule has 2 aromatic rings. The number of hydrogen-bond donors (Lipinski definition) is 0. The molecule has 0 atom stereocenters. The molecule has 22 heavy (non-hydrogen) atoms. The van der Waals surface area contributed by atoms with Gasteiger partial charge in [-0.15, -0.1) is 0 Å². The Bertz CT molecular complexity index is 702. The lowest BCUT2D eigenvalue weighted by Gasteiger charge is -2.02. The van der Waals surface area contributed by atoms with Crippen LogP contribution in [0.3, 0.4) is 0 Å². The van der Waals surface area contributed by atoms with E-state index in [-0.39, 0.29) is 12.6 Å². The zero-order valence-electron chi connectivity index (χ0n) is 12.2. The SMILES string of the molecule is CCOc1ccc(/C=C/C(=O)c2ccc3c(c2)OCO3)cc1. The van der Waals surface area contributed by atoms with Crippen molar-refractivity contribution in [2.45, 2.75) is 6.92 Å². The summed E-state index contributed by atoms with van der Waals surface area (Å²) in [6.07, 6.45) is 3.33. The van der Waals surface area contributed by atoms with Gasteiger partial charge < -0.3 is 14.2 Å². The standard InChI is InChI=1S/C18H16O4/c1-2-20-15-7-3-13(4-8-15)5-9-16(19)14-6-10-17-18(11-14)22-12-21-17/h3-11H,2,12H2,1H3/b9-5+. The summed E-state index contributed by atoms with van der Waals surface area (Å²) in [6.45, 7) is 2.78. The maximum atomic E-state index is 12.2. The Hall–Kier alpha value is -2.75. The second-order valence-corrected chi connectivity index (χ2v) is 4.77. The Labute approximate surface area is 128 Å². The van der Waals surface area contributed by atoms with Crippen LogP contribution in [0.25, 0.3) is 6.08 Å². The predicted octanol–water partition coefficient (Wildman–Crippen LogP) is 3.71. The van der Waals surface area contributed by atoms with Gasteiger partial charge in [-0.1, -0.05) is 18.2 Å². The van der Waals surface area contributed by atoms with E-state index >= 15 is 0 Å². The summed E-state index contributed by atoms with van der Waals surface area (Å²) >= 11 is 0. The average Bonchev–Trinajstić information content (AvgIpc) is 3.01. The number of rotatable bonds is 5. The fraction of sp³-hybridized carbons (Fsp3) is 0.167. The molecule has 112 valence electrons. The van der Waals surface area contributed by atoms with Crippen molar-refractivity contribution in [3.8, 4) is 17.2 Å². The lowest BCUT2D eigenvalue weighted by Crippen LogP contribution is -1.94. The van der Waals surface area contributed by atoms with Gasteiger partial charge in [-0.05, 0) is 48.9 Å². The summed E-state index contributed by atoms with van der Waals surface area (Å²) in [5.41, 5.74) is 1.52. The molecular formula is C18H16O4. The van der Waals surface area contributed by atoms with Gasteiger partial charge in [0.2, 0.25) is 6.79 Å². The van der Waals surface area contributed by atoms with Crippen molar-refractivity contribution in [3.63, 3.8) is 0 Å². The largest absolute Gasteiger partial charge is 0.494 e. The number of fused-ring (bicyclic) bond motifs is 1. The van der Waals surface area contributed by atoms with Gasteiger partial charge in [0.25, 0.3) is 0 Å². The molecule has 3 rings (SSSR count). The zero-order chi connectivity index (χ0) is 15.4. The van der Waals surface area contributed by atoms with E-state index in [9.17, 15) is 4.79 Å². The monoisotopic (exact) mass is 296 g/mol. The van der Waals surface area contributed by atoms with Crippen molar-refractivity contribution >= 4 is 11.9 Å². The molecule has 0 N–H and O–H groups in total. The first kappa shape index (κ1) is 14.2. The van der Waals surface area contributed by atoms with Crippen LogP contribution in [0.1, 0.15) is 22.8 Å². The van der Waals surface area contributed by atoms with E-state index < -0.39 is 0 Å². The van der Waals surface area contributed by atoms with Gasteiger partial charge in [0, 0.05) is 5.56 Å². The second-order valence-electron chi connectivity index (χ2n) is 4.77. The van der Waals surface area contributed by atoms with Crippen molar-refractivity contribution in [3.05, 3.63) is 59.7 Å². The van der Waals surface area contributed by atoms with Crippen molar-refractivity contribution < 1.29 is 19.0 Å². The van der Waals surface area contributed by atoms with E-state index in [1.165, 1.54) is 0 Å². The van der Waals surface area contributed by atoms with Crippen LogP contribution in [-0.4, -0.2) is 19.2 Å². The molecule has 0 radical (unpaired) electrons. The van der Waals surface area contributed by atoms with Gasteiger partial charge in [0.1, 0.15) is 5.75 Å². The average molecular weight is 296 g/mol. The van der Waals surface area contributed by atoms with Crippen LogP contribution in [0, 0.1) is 0 Å². The Morgan fingerprint density at radius 2 is 1.91 bits per heavy atom. The third-order valence-corrected chi connectivity index (χ3v) is 3.28. The fourth-order valence-electron chi connectivity index (χ4n) is 2.16. The molecule has 0 saturated carbocycles.